The molecule has 1 aliphatic rings. The molecular weight excluding hydrogens is 274 g/mol. The molecule has 0 saturated carbocycles. The number of rotatable bonds is 2. The van der Waals surface area contributed by atoms with Gasteiger partial charge in [0.25, 0.3) is 0 Å². The van der Waals surface area contributed by atoms with Crippen molar-refractivity contribution in [2.45, 2.75) is 23.8 Å². The zero-order valence-corrected chi connectivity index (χ0v) is 11.9. The van der Waals surface area contributed by atoms with Crippen LogP contribution in [0.15, 0.2) is 41.6 Å². The quantitative estimate of drug-likeness (QED) is 0.906. The van der Waals surface area contributed by atoms with Gasteiger partial charge in [-0.3, -0.25) is 4.98 Å². The van der Waals surface area contributed by atoms with E-state index in [2.05, 4.69) is 4.98 Å². The molecule has 1 aliphatic heterocycles. The van der Waals surface area contributed by atoms with Crippen LogP contribution in [0.3, 0.4) is 0 Å². The molecule has 0 unspecified atom stereocenters. The zero-order valence-electron chi connectivity index (χ0n) is 11.1. The average Bonchev–Trinajstić information content (AvgIpc) is 2.46. The highest BCUT2D eigenvalue weighted by molar-refractivity contribution is 7.89. The van der Waals surface area contributed by atoms with Gasteiger partial charge in [0.2, 0.25) is 10.0 Å². The predicted molar refractivity (Wildman–Crippen MR) is 77.7 cm³/mol. The molecule has 2 aromatic rings. The molecule has 0 bridgehead atoms. The molecule has 20 heavy (non-hydrogen) atoms. The summed E-state index contributed by atoms with van der Waals surface area (Å²) < 4.78 is 27.1. The fourth-order valence-electron chi connectivity index (χ4n) is 2.65. The third kappa shape index (κ3) is 2.30. The Morgan fingerprint density at radius 2 is 2.15 bits per heavy atom. The molecule has 1 atom stereocenters. The summed E-state index contributed by atoms with van der Waals surface area (Å²) in [5.41, 5.74) is 5.90. The lowest BCUT2D eigenvalue weighted by Gasteiger charge is -2.30. The molecule has 0 aliphatic carbocycles. The summed E-state index contributed by atoms with van der Waals surface area (Å²) in [5.74, 6) is 0. The second-order valence-corrected chi connectivity index (χ2v) is 7.02. The first kappa shape index (κ1) is 13.5. The van der Waals surface area contributed by atoms with Gasteiger partial charge in [-0.05, 0) is 25.0 Å². The number of nitrogens with zero attached hydrogens (tertiary/aromatic N) is 2. The van der Waals surface area contributed by atoms with E-state index in [1.807, 2.05) is 6.07 Å². The second kappa shape index (κ2) is 5.12. The van der Waals surface area contributed by atoms with Gasteiger partial charge in [-0.15, -0.1) is 0 Å². The molecule has 2 heterocycles. The molecule has 1 fully saturated rings. The van der Waals surface area contributed by atoms with Gasteiger partial charge in [0.15, 0.2) is 0 Å². The maximum absolute atomic E-state index is 12.8. The van der Waals surface area contributed by atoms with Crippen LogP contribution in [0.5, 0.6) is 0 Å². The topological polar surface area (TPSA) is 76.3 Å². The van der Waals surface area contributed by atoms with E-state index in [-0.39, 0.29) is 6.04 Å². The number of nitrogens with two attached hydrogens (primary N) is 1. The summed E-state index contributed by atoms with van der Waals surface area (Å²) in [5, 5.41) is 1.54. The van der Waals surface area contributed by atoms with Gasteiger partial charge in [0, 0.05) is 42.3 Å². The van der Waals surface area contributed by atoms with Gasteiger partial charge in [0.05, 0.1) is 4.90 Å². The van der Waals surface area contributed by atoms with Crippen molar-refractivity contribution in [3.63, 3.8) is 0 Å². The van der Waals surface area contributed by atoms with E-state index in [0.717, 1.165) is 18.2 Å². The first-order valence-corrected chi connectivity index (χ1v) is 8.11. The second-order valence-electron chi connectivity index (χ2n) is 5.12. The Morgan fingerprint density at radius 3 is 2.95 bits per heavy atom. The van der Waals surface area contributed by atoms with Crippen LogP contribution in [0.1, 0.15) is 12.8 Å². The zero-order chi connectivity index (χ0) is 14.2. The Morgan fingerprint density at radius 1 is 1.30 bits per heavy atom. The first-order valence-electron chi connectivity index (χ1n) is 6.67. The van der Waals surface area contributed by atoms with Crippen molar-refractivity contribution < 1.29 is 8.42 Å². The maximum atomic E-state index is 12.8. The maximum Gasteiger partial charge on any atom is 0.243 e. The Labute approximate surface area is 118 Å². The van der Waals surface area contributed by atoms with Crippen LogP contribution in [0.25, 0.3) is 10.8 Å². The molecule has 3 rings (SSSR count). The third-order valence-electron chi connectivity index (χ3n) is 3.68. The lowest BCUT2D eigenvalue weighted by atomic mass is 10.1. The van der Waals surface area contributed by atoms with E-state index in [9.17, 15) is 8.42 Å². The van der Waals surface area contributed by atoms with Crippen molar-refractivity contribution >= 4 is 20.8 Å². The van der Waals surface area contributed by atoms with E-state index >= 15 is 0 Å². The van der Waals surface area contributed by atoms with Crippen LogP contribution in [0.2, 0.25) is 0 Å². The minimum Gasteiger partial charge on any atom is -0.327 e. The Kier molecular flexibility index (Phi) is 3.45. The van der Waals surface area contributed by atoms with E-state index in [1.54, 1.807) is 30.6 Å². The smallest absolute Gasteiger partial charge is 0.243 e. The number of hydrogen-bond acceptors (Lipinski definition) is 4. The molecule has 106 valence electrons. The highest BCUT2D eigenvalue weighted by atomic mass is 32.2. The number of sulfonamides is 1. The molecule has 0 amide bonds. The molecular formula is C14H17N3O2S. The fraction of sp³-hybridized carbons (Fsp3) is 0.357. The van der Waals surface area contributed by atoms with Crippen molar-refractivity contribution in [3.05, 3.63) is 36.7 Å². The van der Waals surface area contributed by atoms with Crippen LogP contribution in [-0.4, -0.2) is 36.8 Å². The first-order chi connectivity index (χ1) is 9.59. The normalized spacial score (nSPS) is 21.1. The van der Waals surface area contributed by atoms with Crippen LogP contribution in [0, 0.1) is 0 Å². The summed E-state index contributed by atoms with van der Waals surface area (Å²) in [4.78, 5) is 4.37. The highest BCUT2D eigenvalue weighted by Gasteiger charge is 2.29. The Hall–Kier alpha value is -1.50. The molecule has 1 aromatic heterocycles. The van der Waals surface area contributed by atoms with Gasteiger partial charge >= 0.3 is 0 Å². The van der Waals surface area contributed by atoms with Gasteiger partial charge in [-0.1, -0.05) is 12.1 Å². The number of piperidine rings is 1. The summed E-state index contributed by atoms with van der Waals surface area (Å²) >= 11 is 0. The molecule has 1 saturated heterocycles. The molecule has 2 N–H and O–H groups in total. The highest BCUT2D eigenvalue weighted by Crippen LogP contribution is 2.26. The fourth-order valence-corrected chi connectivity index (χ4v) is 4.40. The van der Waals surface area contributed by atoms with Crippen LogP contribution < -0.4 is 5.73 Å². The van der Waals surface area contributed by atoms with Crippen molar-refractivity contribution in [3.8, 4) is 0 Å². The van der Waals surface area contributed by atoms with E-state index in [4.69, 9.17) is 5.73 Å². The van der Waals surface area contributed by atoms with E-state index in [1.165, 1.54) is 4.31 Å². The van der Waals surface area contributed by atoms with E-state index < -0.39 is 10.0 Å². The minimum absolute atomic E-state index is 0.0739. The number of benzene rings is 1. The van der Waals surface area contributed by atoms with Crippen LogP contribution in [0.4, 0.5) is 0 Å². The van der Waals surface area contributed by atoms with Gasteiger partial charge < -0.3 is 5.73 Å². The lowest BCUT2D eigenvalue weighted by Crippen LogP contribution is -2.45. The van der Waals surface area contributed by atoms with Crippen molar-refractivity contribution in [2.24, 2.45) is 5.73 Å². The molecule has 5 nitrogen and oxygen atoms in total. The largest absolute Gasteiger partial charge is 0.327 e. The monoisotopic (exact) mass is 291 g/mol. The van der Waals surface area contributed by atoms with Crippen LogP contribution >= 0.6 is 0 Å². The predicted octanol–water partition coefficient (Wildman–Crippen LogP) is 1.35. The lowest BCUT2D eigenvalue weighted by molar-refractivity contribution is 0.316. The third-order valence-corrected chi connectivity index (χ3v) is 5.60. The van der Waals surface area contributed by atoms with E-state index in [0.29, 0.717) is 23.4 Å². The number of pyridine rings is 1. The summed E-state index contributed by atoms with van der Waals surface area (Å²) in [6.45, 7) is 0.932. The van der Waals surface area contributed by atoms with Crippen LogP contribution in [-0.2, 0) is 10.0 Å². The van der Waals surface area contributed by atoms with Crippen molar-refractivity contribution in [1.29, 1.82) is 0 Å². The van der Waals surface area contributed by atoms with Crippen molar-refractivity contribution in [2.75, 3.05) is 13.1 Å². The van der Waals surface area contributed by atoms with Gasteiger partial charge in [0.1, 0.15) is 0 Å². The SMILES string of the molecule is N[C@H]1CCCN(S(=O)(=O)c2cccc3cnccc23)C1. The minimum atomic E-state index is -3.50. The molecule has 6 heteroatoms. The molecule has 1 aromatic carbocycles. The summed E-state index contributed by atoms with van der Waals surface area (Å²) in [6.07, 6.45) is 4.98. The standard InChI is InChI=1S/C14H17N3O2S/c15-12-4-2-8-17(10-12)20(18,19)14-5-1-3-11-9-16-7-6-13(11)14/h1,3,5-7,9,12H,2,4,8,10,15H2/t12-/m0/s1. The van der Waals surface area contributed by atoms with Gasteiger partial charge in [-0.25, -0.2) is 8.42 Å². The number of aromatic nitrogens is 1. The molecule has 0 radical (unpaired) electrons. The number of hydrogen-bond donors (Lipinski definition) is 1. The summed E-state index contributed by atoms with van der Waals surface area (Å²) in [6, 6.07) is 6.93. The number of fused-ring (bicyclic) bond motifs is 1. The summed E-state index contributed by atoms with van der Waals surface area (Å²) in [7, 11) is -3.50. The molecule has 0 spiro atoms. The van der Waals surface area contributed by atoms with Crippen molar-refractivity contribution in [1.82, 2.24) is 9.29 Å². The Balaban J connectivity index is 2.09. The van der Waals surface area contributed by atoms with Gasteiger partial charge in [-0.2, -0.15) is 4.31 Å². The Bertz CT molecular complexity index is 725. The average molecular weight is 291 g/mol.